The molecular formula is C70H53F3N6O12S3. The Morgan fingerprint density at radius 3 is 1.07 bits per heavy atom. The molecule has 12 rings (SSSR count). The summed E-state index contributed by atoms with van der Waals surface area (Å²) < 4.78 is 129. The number of fused-ring (bicyclic) bond motifs is 3. The molecule has 12 aromatic rings. The van der Waals surface area contributed by atoms with Crippen LogP contribution < -0.4 is 30.2 Å². The Morgan fingerprint density at radius 1 is 0.362 bits per heavy atom. The number of ether oxygens (including phenoxy) is 3. The number of anilines is 3. The number of halogens is 3. The number of para-hydroxylation sites is 4. The summed E-state index contributed by atoms with van der Waals surface area (Å²) in [5, 5.41) is 10.2. The SMILES string of the molecule is CS(=O)(=O)c1cccc(NC(=O)c2cc3ccccc3nc2Oc2ccc(F)cc2F)c1.CS(=O)(=O)c1cccc(NC(=O)c2cc3ccccc3nc2Oc2ccccc2)c1.Cc1cc(F)ccc1Oc1nc2ccccc2cc1C(=O)Nc1cccc(S(C)(=O)=O)c1. The minimum atomic E-state index is -3.47. The first-order valence-electron chi connectivity index (χ1n) is 28.1. The average Bonchev–Trinajstić information content (AvgIpc) is 0.883. The van der Waals surface area contributed by atoms with E-state index in [1.54, 1.807) is 85.8 Å². The van der Waals surface area contributed by atoms with Crippen LogP contribution in [0.1, 0.15) is 36.6 Å². The molecule has 0 fully saturated rings. The van der Waals surface area contributed by atoms with Crippen molar-refractivity contribution >= 4 is 97.0 Å². The molecule has 0 aliphatic heterocycles. The molecule has 0 radical (unpaired) electrons. The summed E-state index contributed by atoms with van der Waals surface area (Å²) in [4.78, 5) is 52.8. The molecule has 3 heterocycles. The van der Waals surface area contributed by atoms with Crippen molar-refractivity contribution in [3.8, 4) is 34.9 Å². The van der Waals surface area contributed by atoms with E-state index in [0.29, 0.717) is 56.4 Å². The Labute approximate surface area is 537 Å². The zero-order valence-corrected chi connectivity index (χ0v) is 52.5. The van der Waals surface area contributed by atoms with E-state index in [0.717, 1.165) is 41.7 Å². The minimum absolute atomic E-state index is 0.0165. The quantitative estimate of drug-likeness (QED) is 0.0862. The summed E-state index contributed by atoms with van der Waals surface area (Å²) in [7, 11) is -10.3. The largest absolute Gasteiger partial charge is 0.438 e. The predicted octanol–water partition coefficient (Wildman–Crippen LogP) is 14.8. The number of pyridine rings is 3. The maximum absolute atomic E-state index is 14.1. The van der Waals surface area contributed by atoms with Crippen molar-refractivity contribution in [3.05, 3.63) is 270 Å². The van der Waals surface area contributed by atoms with Gasteiger partial charge in [0.05, 0.1) is 31.2 Å². The van der Waals surface area contributed by atoms with Gasteiger partial charge in [0, 0.05) is 58.1 Å². The van der Waals surface area contributed by atoms with Gasteiger partial charge in [-0.05, 0) is 146 Å². The predicted molar refractivity (Wildman–Crippen MR) is 352 cm³/mol. The summed E-state index contributed by atoms with van der Waals surface area (Å²) in [6, 6.07) is 60.2. The molecule has 0 saturated carbocycles. The monoisotopic (exact) mass is 1320 g/mol. The van der Waals surface area contributed by atoms with E-state index < -0.39 is 64.7 Å². The fourth-order valence-electron chi connectivity index (χ4n) is 9.12. The molecule has 0 aliphatic rings. The Bertz CT molecular complexity index is 5060. The normalized spacial score (nSPS) is 11.3. The Balaban J connectivity index is 0.000000154. The minimum Gasteiger partial charge on any atom is -0.438 e. The molecule has 3 aromatic heterocycles. The van der Waals surface area contributed by atoms with Gasteiger partial charge in [0.25, 0.3) is 17.7 Å². The first-order chi connectivity index (χ1) is 44.8. The molecule has 94 heavy (non-hydrogen) atoms. The van der Waals surface area contributed by atoms with E-state index in [2.05, 4.69) is 30.9 Å². The van der Waals surface area contributed by atoms with Crippen LogP contribution in [0.4, 0.5) is 30.2 Å². The van der Waals surface area contributed by atoms with Crippen LogP contribution in [0.2, 0.25) is 0 Å². The van der Waals surface area contributed by atoms with Gasteiger partial charge in [0.15, 0.2) is 41.1 Å². The summed E-state index contributed by atoms with van der Waals surface area (Å²) in [5.41, 5.74) is 3.66. The van der Waals surface area contributed by atoms with Crippen LogP contribution in [0.3, 0.4) is 0 Å². The molecule has 474 valence electrons. The first kappa shape index (κ1) is 65.6. The van der Waals surface area contributed by atoms with E-state index in [4.69, 9.17) is 14.2 Å². The maximum atomic E-state index is 14.1. The first-order valence-corrected chi connectivity index (χ1v) is 33.8. The van der Waals surface area contributed by atoms with Gasteiger partial charge in [0.1, 0.15) is 39.8 Å². The van der Waals surface area contributed by atoms with Crippen molar-refractivity contribution in [1.29, 1.82) is 0 Å². The van der Waals surface area contributed by atoms with Gasteiger partial charge < -0.3 is 30.2 Å². The highest BCUT2D eigenvalue weighted by molar-refractivity contribution is 7.91. The number of sulfone groups is 3. The molecule has 3 amide bonds. The average molecular weight is 1320 g/mol. The second-order valence-corrected chi connectivity index (χ2v) is 27.0. The van der Waals surface area contributed by atoms with Crippen LogP contribution in [0, 0.1) is 24.4 Å². The molecule has 9 aromatic carbocycles. The van der Waals surface area contributed by atoms with E-state index in [1.807, 2.05) is 60.7 Å². The van der Waals surface area contributed by atoms with Gasteiger partial charge in [-0.3, -0.25) is 14.4 Å². The van der Waals surface area contributed by atoms with E-state index >= 15 is 0 Å². The van der Waals surface area contributed by atoms with Crippen LogP contribution in [-0.4, -0.2) is 76.7 Å². The molecule has 0 spiro atoms. The molecule has 0 unspecified atom stereocenters. The number of rotatable bonds is 15. The zero-order valence-electron chi connectivity index (χ0n) is 50.0. The van der Waals surface area contributed by atoms with E-state index in [-0.39, 0.29) is 60.5 Å². The second kappa shape index (κ2) is 28.0. The van der Waals surface area contributed by atoms with Crippen molar-refractivity contribution in [2.45, 2.75) is 21.6 Å². The lowest BCUT2D eigenvalue weighted by molar-refractivity contribution is 0.101. The molecule has 0 atom stereocenters. The van der Waals surface area contributed by atoms with Crippen LogP contribution in [0.5, 0.6) is 34.9 Å². The highest BCUT2D eigenvalue weighted by Gasteiger charge is 2.23. The van der Waals surface area contributed by atoms with Crippen molar-refractivity contribution in [2.24, 2.45) is 0 Å². The van der Waals surface area contributed by atoms with Crippen LogP contribution >= 0.6 is 0 Å². The van der Waals surface area contributed by atoms with E-state index in [9.17, 15) is 52.8 Å². The fourth-order valence-corrected chi connectivity index (χ4v) is 11.1. The smallest absolute Gasteiger partial charge is 0.261 e. The third-order valence-corrected chi connectivity index (χ3v) is 17.1. The number of aromatic nitrogens is 3. The van der Waals surface area contributed by atoms with E-state index in [1.165, 1.54) is 72.8 Å². The van der Waals surface area contributed by atoms with Crippen LogP contribution in [0.25, 0.3) is 32.7 Å². The van der Waals surface area contributed by atoms with Gasteiger partial charge in [-0.1, -0.05) is 91.0 Å². The van der Waals surface area contributed by atoms with Crippen molar-refractivity contribution in [3.63, 3.8) is 0 Å². The molecule has 0 saturated heterocycles. The van der Waals surface area contributed by atoms with Gasteiger partial charge in [-0.2, -0.15) is 0 Å². The number of carbonyl (C=O) groups excluding carboxylic acids is 3. The zero-order chi connectivity index (χ0) is 66.9. The lowest BCUT2D eigenvalue weighted by atomic mass is 10.1. The van der Waals surface area contributed by atoms with Crippen molar-refractivity contribution in [2.75, 3.05) is 34.7 Å². The Kier molecular flexibility index (Phi) is 19.6. The summed E-state index contributed by atoms with van der Waals surface area (Å²) in [5.74, 6) is -3.11. The van der Waals surface area contributed by atoms with Gasteiger partial charge in [-0.15, -0.1) is 0 Å². The number of nitrogens with one attached hydrogen (secondary N) is 3. The number of amides is 3. The fraction of sp³-hybridized carbons (Fsp3) is 0.0571. The number of hydrogen-bond donors (Lipinski definition) is 3. The highest BCUT2D eigenvalue weighted by atomic mass is 32.2. The van der Waals surface area contributed by atoms with Crippen LogP contribution in [0.15, 0.2) is 245 Å². The number of aryl methyl sites for hydroxylation is 1. The molecule has 24 heteroatoms. The summed E-state index contributed by atoms with van der Waals surface area (Å²) >= 11 is 0. The molecular weight excluding hydrogens is 1270 g/mol. The number of hydrogen-bond acceptors (Lipinski definition) is 15. The Morgan fingerprint density at radius 2 is 0.702 bits per heavy atom. The van der Waals surface area contributed by atoms with Gasteiger partial charge >= 0.3 is 0 Å². The Hall–Kier alpha value is -11.3. The van der Waals surface area contributed by atoms with Gasteiger partial charge in [0.2, 0.25) is 17.6 Å². The second-order valence-electron chi connectivity index (χ2n) is 21.0. The van der Waals surface area contributed by atoms with Crippen molar-refractivity contribution in [1.82, 2.24) is 15.0 Å². The number of benzene rings is 9. The van der Waals surface area contributed by atoms with Crippen LogP contribution in [-0.2, 0) is 29.5 Å². The third kappa shape index (κ3) is 16.6. The standard InChI is InChI=1S/C24H19FN2O4S.C23H16F2N2O4S.C23H18N2O4S/c1-15-12-17(25)10-11-22(15)31-24-20(13-16-6-3-4-9-21(16)27-24)23(28)26-18-7-5-8-19(14-18)32(2,29)30;1-32(29,30)17-7-4-6-16(13-17)26-22(28)18-11-14-5-2-3-8-20(14)27-23(18)31-21-10-9-15(24)12-19(21)25;1-30(27,28)19-12-7-9-17(15-19)24-22(26)20-14-16-8-5-6-13-21(16)25-23(20)29-18-10-3-2-4-11-18/h3-14H,1-2H3,(H,26,28);2-13H,1H3,(H,26,28);2-15H,1H3,(H,24,26). The number of carbonyl (C=O) groups is 3. The summed E-state index contributed by atoms with van der Waals surface area (Å²) in [6.07, 6.45) is 3.27. The lowest BCUT2D eigenvalue weighted by Crippen LogP contribution is -2.14. The van der Waals surface area contributed by atoms with Gasteiger partial charge in [-0.25, -0.2) is 53.4 Å². The molecule has 18 nitrogen and oxygen atoms in total. The maximum Gasteiger partial charge on any atom is 0.261 e. The summed E-state index contributed by atoms with van der Waals surface area (Å²) in [6.45, 7) is 1.69. The third-order valence-electron chi connectivity index (χ3n) is 13.8. The molecule has 3 N–H and O–H groups in total. The molecule has 0 aliphatic carbocycles. The topological polar surface area (TPSA) is 256 Å². The highest BCUT2D eigenvalue weighted by Crippen LogP contribution is 2.34. The lowest BCUT2D eigenvalue weighted by Gasteiger charge is -2.14. The van der Waals surface area contributed by atoms with Crippen molar-refractivity contribution < 1.29 is 67.0 Å². The molecule has 0 bridgehead atoms. The number of nitrogens with zero attached hydrogens (tertiary/aromatic N) is 3.